The second-order valence-corrected chi connectivity index (χ2v) is 4.74. The molecule has 0 aliphatic carbocycles. The number of hydrogen-bond acceptors (Lipinski definition) is 3. The molecule has 0 spiro atoms. The third-order valence-electron chi connectivity index (χ3n) is 3.16. The molecule has 0 saturated carbocycles. The minimum Gasteiger partial charge on any atom is -0.313 e. The standard InChI is InChI=1S/C13H27N3/c1-4-6-7-10-16(3)11-8-9-13(15,5-2)12-14/h4-11,15H2,1-3H3. The van der Waals surface area contributed by atoms with Crippen molar-refractivity contribution in [2.75, 3.05) is 20.1 Å². The van der Waals surface area contributed by atoms with Crippen LogP contribution in [0.25, 0.3) is 0 Å². The van der Waals surface area contributed by atoms with Gasteiger partial charge in [0, 0.05) is 0 Å². The van der Waals surface area contributed by atoms with Crippen molar-refractivity contribution in [3.63, 3.8) is 0 Å². The van der Waals surface area contributed by atoms with Crippen LogP contribution in [0.15, 0.2) is 0 Å². The highest BCUT2D eigenvalue weighted by atomic mass is 15.1. The lowest BCUT2D eigenvalue weighted by Crippen LogP contribution is -2.38. The first-order chi connectivity index (χ1) is 7.58. The minimum absolute atomic E-state index is 0.607. The topological polar surface area (TPSA) is 53.0 Å². The smallest absolute Gasteiger partial charge is 0.104 e. The van der Waals surface area contributed by atoms with Gasteiger partial charge in [0.05, 0.1) is 6.07 Å². The van der Waals surface area contributed by atoms with E-state index in [0.717, 1.165) is 32.4 Å². The van der Waals surface area contributed by atoms with Crippen molar-refractivity contribution in [2.24, 2.45) is 5.73 Å². The molecule has 0 aliphatic heterocycles. The van der Waals surface area contributed by atoms with Gasteiger partial charge in [0.15, 0.2) is 0 Å². The van der Waals surface area contributed by atoms with Gasteiger partial charge in [0.1, 0.15) is 5.54 Å². The SMILES string of the molecule is CCCCCN(C)CCCC(N)(C#N)CC. The maximum atomic E-state index is 8.94. The molecule has 94 valence electrons. The van der Waals surface area contributed by atoms with Crippen LogP contribution >= 0.6 is 0 Å². The van der Waals surface area contributed by atoms with E-state index < -0.39 is 5.54 Å². The van der Waals surface area contributed by atoms with Gasteiger partial charge in [0.2, 0.25) is 0 Å². The Morgan fingerprint density at radius 3 is 2.31 bits per heavy atom. The van der Waals surface area contributed by atoms with Crippen LogP contribution in [0.1, 0.15) is 52.4 Å². The first-order valence-corrected chi connectivity index (χ1v) is 6.46. The summed E-state index contributed by atoms with van der Waals surface area (Å²) in [6.45, 7) is 6.40. The molecule has 0 heterocycles. The van der Waals surface area contributed by atoms with E-state index in [4.69, 9.17) is 11.0 Å². The Kier molecular flexibility index (Phi) is 8.23. The van der Waals surface area contributed by atoms with E-state index in [-0.39, 0.29) is 0 Å². The molecule has 16 heavy (non-hydrogen) atoms. The molecule has 3 nitrogen and oxygen atoms in total. The third kappa shape index (κ3) is 6.81. The largest absolute Gasteiger partial charge is 0.313 e. The van der Waals surface area contributed by atoms with E-state index in [9.17, 15) is 0 Å². The van der Waals surface area contributed by atoms with Gasteiger partial charge in [-0.15, -0.1) is 0 Å². The Balaban J connectivity index is 3.61. The zero-order chi connectivity index (χ0) is 12.4. The molecular weight excluding hydrogens is 198 g/mol. The van der Waals surface area contributed by atoms with Crippen LogP contribution in [0.5, 0.6) is 0 Å². The first-order valence-electron chi connectivity index (χ1n) is 6.46. The summed E-state index contributed by atoms with van der Waals surface area (Å²) in [6, 6.07) is 2.21. The number of nitrogens with two attached hydrogens (primary N) is 1. The van der Waals surface area contributed by atoms with Gasteiger partial charge >= 0.3 is 0 Å². The van der Waals surface area contributed by atoms with Gasteiger partial charge in [0.25, 0.3) is 0 Å². The lowest BCUT2D eigenvalue weighted by Gasteiger charge is -2.21. The average Bonchev–Trinajstić information content (AvgIpc) is 2.29. The van der Waals surface area contributed by atoms with Crippen LogP contribution in [-0.2, 0) is 0 Å². The Hall–Kier alpha value is -0.590. The average molecular weight is 225 g/mol. The number of hydrogen-bond donors (Lipinski definition) is 1. The van der Waals surface area contributed by atoms with Crippen LogP contribution < -0.4 is 5.73 Å². The van der Waals surface area contributed by atoms with Gasteiger partial charge in [-0.3, -0.25) is 0 Å². The minimum atomic E-state index is -0.607. The predicted molar refractivity (Wildman–Crippen MR) is 69.1 cm³/mol. The molecule has 0 radical (unpaired) electrons. The molecule has 0 aromatic carbocycles. The van der Waals surface area contributed by atoms with Crippen molar-refractivity contribution in [1.29, 1.82) is 5.26 Å². The van der Waals surface area contributed by atoms with Gasteiger partial charge in [-0.25, -0.2) is 0 Å². The summed E-state index contributed by atoms with van der Waals surface area (Å²) in [5.74, 6) is 0. The lowest BCUT2D eigenvalue weighted by atomic mass is 9.93. The van der Waals surface area contributed by atoms with Crippen molar-refractivity contribution in [3.8, 4) is 6.07 Å². The molecule has 0 aromatic heterocycles. The molecule has 0 fully saturated rings. The van der Waals surface area contributed by atoms with Crippen LogP contribution in [0.4, 0.5) is 0 Å². The molecule has 2 N–H and O–H groups in total. The highest BCUT2D eigenvalue weighted by molar-refractivity contribution is 5.03. The maximum absolute atomic E-state index is 8.94. The quantitative estimate of drug-likeness (QED) is 0.613. The van der Waals surface area contributed by atoms with Crippen LogP contribution in [0.3, 0.4) is 0 Å². The van der Waals surface area contributed by atoms with Crippen molar-refractivity contribution < 1.29 is 0 Å². The molecular formula is C13H27N3. The van der Waals surface area contributed by atoms with E-state index in [1.165, 1.54) is 19.3 Å². The molecule has 0 aromatic rings. The summed E-state index contributed by atoms with van der Waals surface area (Å²) in [5.41, 5.74) is 5.32. The van der Waals surface area contributed by atoms with Crippen molar-refractivity contribution >= 4 is 0 Å². The second-order valence-electron chi connectivity index (χ2n) is 4.74. The Labute approximate surface area is 101 Å². The Bertz CT molecular complexity index is 210. The van der Waals surface area contributed by atoms with Crippen LogP contribution in [0.2, 0.25) is 0 Å². The summed E-state index contributed by atoms with van der Waals surface area (Å²) >= 11 is 0. The molecule has 1 unspecified atom stereocenters. The van der Waals surface area contributed by atoms with Crippen LogP contribution in [0, 0.1) is 11.3 Å². The summed E-state index contributed by atoms with van der Waals surface area (Å²) in [5, 5.41) is 8.94. The fourth-order valence-corrected chi connectivity index (χ4v) is 1.72. The Morgan fingerprint density at radius 2 is 1.81 bits per heavy atom. The first kappa shape index (κ1) is 15.4. The molecule has 0 bridgehead atoms. The maximum Gasteiger partial charge on any atom is 0.104 e. The second kappa shape index (κ2) is 8.55. The van der Waals surface area contributed by atoms with Crippen molar-refractivity contribution in [1.82, 2.24) is 4.90 Å². The fourth-order valence-electron chi connectivity index (χ4n) is 1.72. The lowest BCUT2D eigenvalue weighted by molar-refractivity contribution is 0.305. The van der Waals surface area contributed by atoms with E-state index in [2.05, 4.69) is 24.9 Å². The van der Waals surface area contributed by atoms with E-state index in [1.54, 1.807) is 0 Å². The number of nitriles is 1. The fraction of sp³-hybridized carbons (Fsp3) is 0.923. The third-order valence-corrected chi connectivity index (χ3v) is 3.16. The van der Waals surface area contributed by atoms with E-state index >= 15 is 0 Å². The van der Waals surface area contributed by atoms with Crippen molar-refractivity contribution in [3.05, 3.63) is 0 Å². The molecule has 0 rings (SSSR count). The van der Waals surface area contributed by atoms with Gasteiger partial charge in [-0.2, -0.15) is 5.26 Å². The highest BCUT2D eigenvalue weighted by Gasteiger charge is 2.21. The summed E-state index contributed by atoms with van der Waals surface area (Å²) < 4.78 is 0. The summed E-state index contributed by atoms with van der Waals surface area (Å²) in [4.78, 5) is 2.34. The van der Waals surface area contributed by atoms with E-state index in [1.807, 2.05) is 6.92 Å². The highest BCUT2D eigenvalue weighted by Crippen LogP contribution is 2.13. The van der Waals surface area contributed by atoms with E-state index in [0.29, 0.717) is 0 Å². The number of nitrogens with zero attached hydrogens (tertiary/aromatic N) is 2. The monoisotopic (exact) mass is 225 g/mol. The molecule has 0 saturated heterocycles. The van der Waals surface area contributed by atoms with Crippen molar-refractivity contribution in [2.45, 2.75) is 57.9 Å². The number of rotatable bonds is 9. The van der Waals surface area contributed by atoms with Gasteiger partial charge in [-0.1, -0.05) is 26.7 Å². The number of unbranched alkanes of at least 4 members (excludes halogenated alkanes) is 2. The molecule has 3 heteroatoms. The molecule has 0 amide bonds. The normalized spacial score (nSPS) is 14.8. The zero-order valence-corrected chi connectivity index (χ0v) is 11.1. The summed E-state index contributed by atoms with van der Waals surface area (Å²) in [6.07, 6.45) is 6.40. The summed E-state index contributed by atoms with van der Waals surface area (Å²) in [7, 11) is 2.15. The van der Waals surface area contributed by atoms with Gasteiger partial charge in [-0.05, 0) is 45.8 Å². The predicted octanol–water partition coefficient (Wildman–Crippen LogP) is 2.52. The van der Waals surface area contributed by atoms with Gasteiger partial charge < -0.3 is 10.6 Å². The van der Waals surface area contributed by atoms with Crippen LogP contribution in [-0.4, -0.2) is 30.6 Å². The zero-order valence-electron chi connectivity index (χ0n) is 11.1. The Morgan fingerprint density at radius 1 is 1.19 bits per heavy atom. The molecule has 0 aliphatic rings. The molecule has 1 atom stereocenters.